The van der Waals surface area contributed by atoms with E-state index in [9.17, 15) is 8.78 Å². The van der Waals surface area contributed by atoms with Gasteiger partial charge in [0.2, 0.25) is 0 Å². The minimum atomic E-state index is -3.00. The number of nitrogens with zero attached hydrogens (tertiary/aromatic N) is 1. The zero-order valence-electron chi connectivity index (χ0n) is 22.4. The van der Waals surface area contributed by atoms with Crippen molar-refractivity contribution >= 4 is 22.0 Å². The summed E-state index contributed by atoms with van der Waals surface area (Å²) < 4.78 is 62.0. The van der Waals surface area contributed by atoms with E-state index < -0.39 is 23.3 Å². The van der Waals surface area contributed by atoms with Gasteiger partial charge in [-0.3, -0.25) is 0 Å². The van der Waals surface area contributed by atoms with E-state index in [2.05, 4.69) is 26.2 Å². The predicted molar refractivity (Wildman–Crippen MR) is 155 cm³/mol. The highest BCUT2D eigenvalue weighted by molar-refractivity contribution is 9.10. The summed E-state index contributed by atoms with van der Waals surface area (Å²) in [7, 11) is 3.16. The standard InChI is InChI=1S/C32H28BrF3N2O3/c1-39-25-13-8-22(9-14-25)32(21-6-4-3-5-7-21,23-10-15-26(40-2)16-11-23)38-30-37-31(29(35)36,18-19-41-30)27-20-24(33)12-17-28(27)34/h3-17,20,29H,18-19H2,1-2H3,(H,37,38). The van der Waals surface area contributed by atoms with Crippen LogP contribution in [0.2, 0.25) is 0 Å². The Bertz CT molecular complexity index is 1470. The summed E-state index contributed by atoms with van der Waals surface area (Å²) in [5.41, 5.74) is -1.19. The Labute approximate surface area is 245 Å². The van der Waals surface area contributed by atoms with Crippen LogP contribution >= 0.6 is 15.9 Å². The van der Waals surface area contributed by atoms with E-state index in [1.807, 2.05) is 78.9 Å². The number of alkyl halides is 2. The van der Waals surface area contributed by atoms with E-state index in [0.29, 0.717) is 16.0 Å². The van der Waals surface area contributed by atoms with Crippen molar-refractivity contribution in [3.05, 3.63) is 130 Å². The van der Waals surface area contributed by atoms with Gasteiger partial charge in [-0.15, -0.1) is 0 Å². The summed E-state index contributed by atoms with van der Waals surface area (Å²) in [6.45, 7) is -0.0990. The van der Waals surface area contributed by atoms with Gasteiger partial charge in [0.1, 0.15) is 22.9 Å². The zero-order valence-corrected chi connectivity index (χ0v) is 24.0. The highest BCUT2D eigenvalue weighted by Crippen LogP contribution is 2.43. The van der Waals surface area contributed by atoms with Crippen LogP contribution in [0.3, 0.4) is 0 Å². The lowest BCUT2D eigenvalue weighted by molar-refractivity contribution is 0.0230. The molecule has 0 aromatic heterocycles. The first-order valence-electron chi connectivity index (χ1n) is 12.9. The number of amidine groups is 1. The Hall–Kier alpha value is -3.98. The average molecular weight is 625 g/mol. The maximum Gasteiger partial charge on any atom is 0.286 e. The van der Waals surface area contributed by atoms with Crippen LogP contribution in [0.25, 0.3) is 0 Å². The van der Waals surface area contributed by atoms with Crippen molar-refractivity contribution in [2.75, 3.05) is 20.8 Å². The first-order valence-corrected chi connectivity index (χ1v) is 13.7. The number of hydrogen-bond donors (Lipinski definition) is 1. The number of benzene rings is 4. The summed E-state index contributed by atoms with van der Waals surface area (Å²) in [5.74, 6) is 0.537. The zero-order chi connectivity index (χ0) is 29.0. The highest BCUT2D eigenvalue weighted by Gasteiger charge is 2.48. The summed E-state index contributed by atoms with van der Waals surface area (Å²) >= 11 is 3.29. The van der Waals surface area contributed by atoms with Crippen molar-refractivity contribution in [2.45, 2.75) is 23.9 Å². The van der Waals surface area contributed by atoms with Crippen LogP contribution in [-0.2, 0) is 15.8 Å². The molecular formula is C32H28BrF3N2O3. The van der Waals surface area contributed by atoms with Gasteiger partial charge in [-0.05, 0) is 59.2 Å². The SMILES string of the molecule is COc1ccc(C(NC2=NC(c3cc(Br)ccc3F)(C(F)F)CCO2)(c2ccccc2)c2ccc(OC)cc2)cc1. The fourth-order valence-corrected chi connectivity index (χ4v) is 5.54. The van der Waals surface area contributed by atoms with Crippen molar-refractivity contribution in [1.82, 2.24) is 5.32 Å². The van der Waals surface area contributed by atoms with Gasteiger partial charge in [-0.2, -0.15) is 0 Å². The van der Waals surface area contributed by atoms with Crippen LogP contribution in [0.4, 0.5) is 13.2 Å². The Morgan fingerprint density at radius 1 is 0.854 bits per heavy atom. The number of rotatable bonds is 8. The Morgan fingerprint density at radius 2 is 1.41 bits per heavy atom. The Morgan fingerprint density at radius 3 is 1.95 bits per heavy atom. The van der Waals surface area contributed by atoms with Gasteiger partial charge in [0.15, 0.2) is 5.54 Å². The molecule has 1 aliphatic rings. The van der Waals surface area contributed by atoms with Crippen molar-refractivity contribution in [3.63, 3.8) is 0 Å². The number of nitrogens with one attached hydrogen (secondary N) is 1. The van der Waals surface area contributed by atoms with E-state index in [1.165, 1.54) is 12.1 Å². The van der Waals surface area contributed by atoms with Gasteiger partial charge in [0.05, 0.1) is 20.8 Å². The van der Waals surface area contributed by atoms with Crippen LogP contribution in [0, 0.1) is 5.82 Å². The molecule has 0 radical (unpaired) electrons. The van der Waals surface area contributed by atoms with E-state index in [1.54, 1.807) is 14.2 Å². The molecule has 1 aliphatic heterocycles. The molecule has 212 valence electrons. The molecule has 0 fully saturated rings. The second-order valence-corrected chi connectivity index (χ2v) is 10.5. The van der Waals surface area contributed by atoms with E-state index >= 15 is 4.39 Å². The van der Waals surface area contributed by atoms with E-state index in [0.717, 1.165) is 22.8 Å². The normalized spacial score (nSPS) is 17.0. The van der Waals surface area contributed by atoms with Crippen LogP contribution in [-0.4, -0.2) is 33.3 Å². The summed E-state index contributed by atoms with van der Waals surface area (Å²) in [6, 6.07) is 28.2. The molecule has 0 aliphatic carbocycles. The number of methoxy groups -OCH3 is 2. The van der Waals surface area contributed by atoms with Gasteiger partial charge in [-0.25, -0.2) is 18.2 Å². The Balaban J connectivity index is 1.74. The molecule has 1 atom stereocenters. The molecular weight excluding hydrogens is 597 g/mol. The third-order valence-electron chi connectivity index (χ3n) is 7.33. The fraction of sp³-hybridized carbons (Fsp3) is 0.219. The second-order valence-electron chi connectivity index (χ2n) is 9.56. The lowest BCUT2D eigenvalue weighted by Gasteiger charge is -2.40. The number of hydrogen-bond acceptors (Lipinski definition) is 5. The predicted octanol–water partition coefficient (Wildman–Crippen LogP) is 7.42. The van der Waals surface area contributed by atoms with Gasteiger partial charge < -0.3 is 19.5 Å². The molecule has 5 nitrogen and oxygen atoms in total. The lowest BCUT2D eigenvalue weighted by atomic mass is 9.77. The largest absolute Gasteiger partial charge is 0.497 e. The molecule has 0 saturated carbocycles. The first kappa shape index (κ1) is 28.5. The van der Waals surface area contributed by atoms with Crippen LogP contribution < -0.4 is 14.8 Å². The minimum Gasteiger partial charge on any atom is -0.497 e. The smallest absolute Gasteiger partial charge is 0.286 e. The third-order valence-corrected chi connectivity index (χ3v) is 7.82. The molecule has 0 spiro atoms. The summed E-state index contributed by atoms with van der Waals surface area (Å²) in [6.07, 6.45) is -3.20. The molecule has 5 rings (SSSR count). The monoisotopic (exact) mass is 624 g/mol. The molecule has 0 amide bonds. The maximum atomic E-state index is 15.1. The topological polar surface area (TPSA) is 52.1 Å². The van der Waals surface area contributed by atoms with Crippen molar-refractivity contribution in [3.8, 4) is 11.5 Å². The molecule has 0 saturated heterocycles. The number of halogens is 4. The Kier molecular flexibility index (Phi) is 8.26. The van der Waals surface area contributed by atoms with Gasteiger partial charge >= 0.3 is 0 Å². The minimum absolute atomic E-state index is 0.0990. The molecule has 0 bridgehead atoms. The van der Waals surface area contributed by atoms with Gasteiger partial charge in [0.25, 0.3) is 12.4 Å². The fourth-order valence-electron chi connectivity index (χ4n) is 5.18. The third kappa shape index (κ3) is 5.38. The van der Waals surface area contributed by atoms with Crippen molar-refractivity contribution in [1.29, 1.82) is 0 Å². The molecule has 9 heteroatoms. The first-order chi connectivity index (χ1) is 19.8. The van der Waals surface area contributed by atoms with Crippen molar-refractivity contribution < 1.29 is 27.4 Å². The van der Waals surface area contributed by atoms with E-state index in [4.69, 9.17) is 14.2 Å². The molecule has 1 unspecified atom stereocenters. The summed E-state index contributed by atoms with van der Waals surface area (Å²) in [4.78, 5) is 4.44. The number of ether oxygens (including phenoxy) is 3. The molecule has 41 heavy (non-hydrogen) atoms. The lowest BCUT2D eigenvalue weighted by Crippen LogP contribution is -2.52. The molecule has 4 aromatic carbocycles. The highest BCUT2D eigenvalue weighted by atomic mass is 79.9. The second kappa shape index (κ2) is 11.9. The molecule has 1 heterocycles. The number of aliphatic imine (C=N–C) groups is 1. The van der Waals surface area contributed by atoms with Gasteiger partial charge in [-0.1, -0.05) is 70.5 Å². The van der Waals surface area contributed by atoms with Gasteiger partial charge in [0, 0.05) is 16.5 Å². The quantitative estimate of drug-likeness (QED) is 0.207. The summed E-state index contributed by atoms with van der Waals surface area (Å²) in [5, 5.41) is 3.39. The van der Waals surface area contributed by atoms with E-state index in [-0.39, 0.29) is 24.6 Å². The molecule has 1 N–H and O–H groups in total. The maximum absolute atomic E-state index is 15.1. The van der Waals surface area contributed by atoms with Crippen LogP contribution in [0.5, 0.6) is 11.5 Å². The van der Waals surface area contributed by atoms with Crippen molar-refractivity contribution in [2.24, 2.45) is 4.99 Å². The average Bonchev–Trinajstić information content (AvgIpc) is 3.01. The molecule has 4 aromatic rings. The van der Waals surface area contributed by atoms with Crippen LogP contribution in [0.1, 0.15) is 28.7 Å². The van der Waals surface area contributed by atoms with Crippen LogP contribution in [0.15, 0.2) is 107 Å².